The van der Waals surface area contributed by atoms with Crippen LogP contribution in [0.3, 0.4) is 0 Å². The zero-order valence-corrected chi connectivity index (χ0v) is 16.9. The van der Waals surface area contributed by atoms with Crippen molar-refractivity contribution in [1.29, 1.82) is 0 Å². The number of aryl methyl sites for hydroxylation is 1. The fraction of sp³-hybridized carbons (Fsp3) is 0.409. The average Bonchev–Trinajstić information content (AvgIpc) is 2.66. The second-order valence-electron chi connectivity index (χ2n) is 7.37. The predicted molar refractivity (Wildman–Crippen MR) is 111 cm³/mol. The Kier molecular flexibility index (Phi) is 6.89. The highest BCUT2D eigenvalue weighted by Gasteiger charge is 2.24. The van der Waals surface area contributed by atoms with Crippen molar-refractivity contribution >= 4 is 17.5 Å². The van der Waals surface area contributed by atoms with Crippen LogP contribution in [0.2, 0.25) is 5.02 Å². The molecule has 0 bridgehead atoms. The van der Waals surface area contributed by atoms with Gasteiger partial charge in [0.25, 0.3) is 0 Å². The first-order valence-corrected chi connectivity index (χ1v) is 9.89. The van der Waals surface area contributed by atoms with Crippen molar-refractivity contribution in [2.24, 2.45) is 0 Å². The average molecular weight is 386 g/mol. The molecule has 0 spiro atoms. The zero-order chi connectivity index (χ0) is 19.2. The Bertz CT molecular complexity index is 737. The van der Waals surface area contributed by atoms with Crippen LogP contribution in [0.1, 0.15) is 22.7 Å². The van der Waals surface area contributed by atoms with Gasteiger partial charge in [0.05, 0.1) is 12.5 Å². The number of likely N-dealkylation sites (N-methyl/N-ethyl adjacent to an activating group) is 1. The van der Waals surface area contributed by atoms with Gasteiger partial charge in [-0.15, -0.1) is 0 Å². The molecule has 0 radical (unpaired) electrons. The van der Waals surface area contributed by atoms with Gasteiger partial charge in [0, 0.05) is 37.7 Å². The Balaban J connectivity index is 1.64. The van der Waals surface area contributed by atoms with Gasteiger partial charge in [-0.25, -0.2) is 0 Å². The van der Waals surface area contributed by atoms with E-state index in [-0.39, 0.29) is 11.9 Å². The van der Waals surface area contributed by atoms with Crippen molar-refractivity contribution < 1.29 is 4.79 Å². The highest BCUT2D eigenvalue weighted by Crippen LogP contribution is 2.22. The van der Waals surface area contributed by atoms with E-state index < -0.39 is 0 Å². The summed E-state index contributed by atoms with van der Waals surface area (Å²) in [6, 6.07) is 16.3. The van der Waals surface area contributed by atoms with E-state index in [0.717, 1.165) is 31.7 Å². The number of amides is 1. The summed E-state index contributed by atoms with van der Waals surface area (Å²) in [7, 11) is 2.16. The minimum Gasteiger partial charge on any atom is -0.354 e. The molecule has 5 heteroatoms. The normalized spacial score (nSPS) is 16.9. The number of piperazine rings is 1. The van der Waals surface area contributed by atoms with Crippen molar-refractivity contribution in [2.75, 3.05) is 39.8 Å². The first-order valence-electron chi connectivity index (χ1n) is 9.51. The van der Waals surface area contributed by atoms with Crippen LogP contribution in [0.25, 0.3) is 0 Å². The van der Waals surface area contributed by atoms with E-state index in [1.165, 1.54) is 11.1 Å². The molecule has 0 aliphatic carbocycles. The summed E-state index contributed by atoms with van der Waals surface area (Å²) in [4.78, 5) is 17.3. The molecule has 1 fully saturated rings. The third kappa shape index (κ3) is 5.80. The molecule has 1 aliphatic heterocycles. The number of halogens is 1. The molecule has 1 aliphatic rings. The maximum atomic E-state index is 12.5. The summed E-state index contributed by atoms with van der Waals surface area (Å²) in [5, 5.41) is 3.83. The van der Waals surface area contributed by atoms with Crippen molar-refractivity contribution in [3.63, 3.8) is 0 Å². The molecular formula is C22H28ClN3O. The maximum Gasteiger partial charge on any atom is 0.224 e. The highest BCUT2D eigenvalue weighted by atomic mass is 35.5. The van der Waals surface area contributed by atoms with Gasteiger partial charge in [-0.1, -0.05) is 53.6 Å². The lowest BCUT2D eigenvalue weighted by Gasteiger charge is -2.38. The fourth-order valence-corrected chi connectivity index (χ4v) is 3.57. The Morgan fingerprint density at radius 1 is 1.04 bits per heavy atom. The van der Waals surface area contributed by atoms with E-state index in [1.807, 2.05) is 24.3 Å². The molecule has 2 aromatic carbocycles. The van der Waals surface area contributed by atoms with E-state index in [0.29, 0.717) is 18.0 Å². The molecule has 4 nitrogen and oxygen atoms in total. The number of nitrogens with one attached hydrogen (secondary N) is 1. The third-order valence-electron chi connectivity index (χ3n) is 5.21. The van der Waals surface area contributed by atoms with Crippen LogP contribution in [0.15, 0.2) is 48.5 Å². The van der Waals surface area contributed by atoms with Crippen molar-refractivity contribution in [1.82, 2.24) is 15.1 Å². The van der Waals surface area contributed by atoms with E-state index in [2.05, 4.69) is 53.4 Å². The lowest BCUT2D eigenvalue weighted by atomic mass is 10.0. The molecule has 1 atom stereocenters. The number of hydrogen-bond acceptors (Lipinski definition) is 3. The molecular weight excluding hydrogens is 358 g/mol. The quantitative estimate of drug-likeness (QED) is 0.828. The van der Waals surface area contributed by atoms with Crippen LogP contribution in [-0.2, 0) is 11.2 Å². The fourth-order valence-electron chi connectivity index (χ4n) is 3.44. The Hall–Kier alpha value is -1.88. The molecule has 0 aromatic heterocycles. The molecule has 0 unspecified atom stereocenters. The molecule has 1 heterocycles. The Morgan fingerprint density at radius 2 is 1.67 bits per heavy atom. The maximum absolute atomic E-state index is 12.5. The monoisotopic (exact) mass is 385 g/mol. The summed E-state index contributed by atoms with van der Waals surface area (Å²) < 4.78 is 0. The number of hydrogen-bond donors (Lipinski definition) is 1. The zero-order valence-electron chi connectivity index (χ0n) is 16.1. The molecule has 1 amide bonds. The number of benzene rings is 2. The van der Waals surface area contributed by atoms with Gasteiger partial charge in [0.15, 0.2) is 0 Å². The van der Waals surface area contributed by atoms with Crippen LogP contribution in [0, 0.1) is 6.92 Å². The SMILES string of the molecule is Cc1ccc([C@H](CNC(=O)Cc2ccc(Cl)cc2)N2CCN(C)CC2)cc1. The molecule has 0 saturated carbocycles. The predicted octanol–water partition coefficient (Wildman–Crippen LogP) is 3.30. The molecule has 1 saturated heterocycles. The lowest BCUT2D eigenvalue weighted by molar-refractivity contribution is -0.120. The number of carbonyl (C=O) groups excluding carboxylic acids is 1. The van der Waals surface area contributed by atoms with Gasteiger partial charge < -0.3 is 10.2 Å². The Labute approximate surface area is 167 Å². The molecule has 2 aromatic rings. The van der Waals surface area contributed by atoms with Crippen LogP contribution < -0.4 is 5.32 Å². The summed E-state index contributed by atoms with van der Waals surface area (Å²) >= 11 is 5.92. The van der Waals surface area contributed by atoms with Crippen molar-refractivity contribution in [3.05, 3.63) is 70.2 Å². The van der Waals surface area contributed by atoms with E-state index in [4.69, 9.17) is 11.6 Å². The molecule has 3 rings (SSSR count). The summed E-state index contributed by atoms with van der Waals surface area (Å²) in [6.07, 6.45) is 0.376. The van der Waals surface area contributed by atoms with Crippen molar-refractivity contribution in [2.45, 2.75) is 19.4 Å². The topological polar surface area (TPSA) is 35.6 Å². The van der Waals surface area contributed by atoms with Gasteiger partial charge in [0.2, 0.25) is 5.91 Å². The Morgan fingerprint density at radius 3 is 2.30 bits per heavy atom. The first-order chi connectivity index (χ1) is 13.0. The smallest absolute Gasteiger partial charge is 0.224 e. The van der Waals surface area contributed by atoms with E-state index >= 15 is 0 Å². The number of rotatable bonds is 6. The van der Waals surface area contributed by atoms with Crippen LogP contribution in [0.4, 0.5) is 0 Å². The van der Waals surface area contributed by atoms with Gasteiger partial charge in [-0.3, -0.25) is 9.69 Å². The second kappa shape index (κ2) is 9.36. The van der Waals surface area contributed by atoms with Crippen LogP contribution >= 0.6 is 11.6 Å². The molecule has 27 heavy (non-hydrogen) atoms. The molecule has 1 N–H and O–H groups in total. The van der Waals surface area contributed by atoms with Gasteiger partial charge >= 0.3 is 0 Å². The van der Waals surface area contributed by atoms with Crippen molar-refractivity contribution in [3.8, 4) is 0 Å². The number of carbonyl (C=O) groups is 1. The van der Waals surface area contributed by atoms with E-state index in [1.54, 1.807) is 0 Å². The highest BCUT2D eigenvalue weighted by molar-refractivity contribution is 6.30. The lowest BCUT2D eigenvalue weighted by Crippen LogP contribution is -2.48. The number of nitrogens with zero attached hydrogens (tertiary/aromatic N) is 2. The third-order valence-corrected chi connectivity index (χ3v) is 5.46. The minimum absolute atomic E-state index is 0.0450. The minimum atomic E-state index is 0.0450. The largest absolute Gasteiger partial charge is 0.354 e. The van der Waals surface area contributed by atoms with Crippen LogP contribution in [0.5, 0.6) is 0 Å². The first kappa shape index (κ1) is 19.9. The van der Waals surface area contributed by atoms with Gasteiger partial charge in [-0.05, 0) is 37.2 Å². The molecule has 144 valence electrons. The van der Waals surface area contributed by atoms with E-state index in [9.17, 15) is 4.79 Å². The van der Waals surface area contributed by atoms with Gasteiger partial charge in [-0.2, -0.15) is 0 Å². The van der Waals surface area contributed by atoms with Gasteiger partial charge in [0.1, 0.15) is 0 Å². The second-order valence-corrected chi connectivity index (χ2v) is 7.81. The summed E-state index contributed by atoms with van der Waals surface area (Å²) in [6.45, 7) is 6.87. The summed E-state index contributed by atoms with van der Waals surface area (Å²) in [5.41, 5.74) is 3.49. The van der Waals surface area contributed by atoms with Crippen LogP contribution in [-0.4, -0.2) is 55.5 Å². The summed E-state index contributed by atoms with van der Waals surface area (Å²) in [5.74, 6) is 0.0450. The standard InChI is InChI=1S/C22H28ClN3O/c1-17-3-7-19(8-4-17)21(26-13-11-25(2)12-14-26)16-24-22(27)15-18-5-9-20(23)10-6-18/h3-10,21H,11-16H2,1-2H3,(H,24,27)/t21-/m0/s1.